The number of ether oxygens (including phenoxy) is 1. The van der Waals surface area contributed by atoms with Gasteiger partial charge >= 0.3 is 0 Å². The van der Waals surface area contributed by atoms with E-state index in [0.717, 1.165) is 0 Å². The highest BCUT2D eigenvalue weighted by atomic mass is 32.2. The van der Waals surface area contributed by atoms with Crippen molar-refractivity contribution in [1.29, 1.82) is 0 Å². The molecule has 0 aromatic heterocycles. The van der Waals surface area contributed by atoms with Crippen molar-refractivity contribution in [2.75, 3.05) is 12.3 Å². The molecule has 21 heavy (non-hydrogen) atoms. The van der Waals surface area contributed by atoms with E-state index in [1.54, 1.807) is 36.4 Å². The molecule has 0 radical (unpaired) electrons. The zero-order valence-corrected chi connectivity index (χ0v) is 11.8. The zero-order chi connectivity index (χ0) is 15.0. The first-order valence-corrected chi connectivity index (χ1v) is 7.73. The van der Waals surface area contributed by atoms with Gasteiger partial charge in [0.25, 0.3) is 0 Å². The lowest BCUT2D eigenvalue weighted by Gasteiger charge is -2.08. The largest absolute Gasteiger partial charge is 0.508 e. The molecule has 0 fully saturated rings. The van der Waals surface area contributed by atoms with E-state index in [1.807, 2.05) is 0 Å². The summed E-state index contributed by atoms with van der Waals surface area (Å²) in [6.45, 7) is -0.111. The molecule has 2 aromatic carbocycles. The minimum absolute atomic E-state index is 0.0586. The second-order valence-electron chi connectivity index (χ2n) is 4.67. The predicted molar refractivity (Wildman–Crippen MR) is 79.6 cm³/mol. The maximum Gasteiger partial charge on any atom is 0.208 e. The summed E-state index contributed by atoms with van der Waals surface area (Å²) in [6.07, 6.45) is 1.56. The summed E-state index contributed by atoms with van der Waals surface area (Å²) in [7, 11) is -3.61. The van der Waals surface area contributed by atoms with Crippen LogP contribution >= 0.6 is 0 Å². The molecule has 0 atom stereocenters. The van der Waals surface area contributed by atoms with Gasteiger partial charge in [0.1, 0.15) is 23.0 Å². The number of nitrogen functional groups attached to an aromatic ring is 1. The first-order chi connectivity index (χ1) is 9.98. The Bertz CT molecular complexity index is 841. The van der Waals surface area contributed by atoms with Gasteiger partial charge in [-0.2, -0.15) is 0 Å². The van der Waals surface area contributed by atoms with Gasteiger partial charge in [0, 0.05) is 6.07 Å². The molecule has 2 aromatic rings. The Hall–Kier alpha value is -2.47. The summed E-state index contributed by atoms with van der Waals surface area (Å²) in [5, 5.41) is 9.36. The molecule has 1 aliphatic rings. The molecular weight excluding hydrogens is 290 g/mol. The van der Waals surface area contributed by atoms with E-state index in [2.05, 4.69) is 0 Å². The van der Waals surface area contributed by atoms with E-state index in [0.29, 0.717) is 11.3 Å². The Morgan fingerprint density at radius 3 is 2.62 bits per heavy atom. The standard InChI is InChI=1S/C15H13NO4S/c16-14-6-1-3-10-7-13(21(18,19)15(10)14)9-20-12-5-2-4-11(17)8-12/h1-8,17H,9,16H2. The molecule has 3 N–H and O–H groups in total. The second kappa shape index (κ2) is 4.82. The lowest BCUT2D eigenvalue weighted by molar-refractivity contribution is 0.356. The summed E-state index contributed by atoms with van der Waals surface area (Å²) in [6, 6.07) is 11.2. The number of phenolic OH excluding ortho intramolecular Hbond substituents is 1. The third-order valence-corrected chi connectivity index (χ3v) is 5.14. The Morgan fingerprint density at radius 1 is 1.14 bits per heavy atom. The molecule has 108 valence electrons. The maximum atomic E-state index is 12.4. The normalized spacial score (nSPS) is 15.3. The molecule has 0 bridgehead atoms. The number of benzene rings is 2. The van der Waals surface area contributed by atoms with Gasteiger partial charge in [-0.15, -0.1) is 0 Å². The number of rotatable bonds is 3. The Labute approximate surface area is 122 Å². The van der Waals surface area contributed by atoms with Crippen LogP contribution in [0.3, 0.4) is 0 Å². The number of hydrogen-bond donors (Lipinski definition) is 2. The first-order valence-electron chi connectivity index (χ1n) is 6.24. The first kappa shape index (κ1) is 13.5. The van der Waals surface area contributed by atoms with Crippen LogP contribution in [-0.4, -0.2) is 20.1 Å². The summed E-state index contributed by atoms with van der Waals surface area (Å²) in [5.41, 5.74) is 6.56. The van der Waals surface area contributed by atoms with Gasteiger partial charge in [0.05, 0.1) is 10.6 Å². The van der Waals surface area contributed by atoms with E-state index in [1.165, 1.54) is 12.1 Å². The van der Waals surface area contributed by atoms with E-state index >= 15 is 0 Å². The minimum Gasteiger partial charge on any atom is -0.508 e. The SMILES string of the molecule is Nc1cccc2c1S(=O)(=O)C(COc1cccc(O)c1)=C2. The van der Waals surface area contributed by atoms with Crippen molar-refractivity contribution in [3.63, 3.8) is 0 Å². The summed E-state index contributed by atoms with van der Waals surface area (Å²) < 4.78 is 30.3. The summed E-state index contributed by atoms with van der Waals surface area (Å²) in [4.78, 5) is 0.290. The molecule has 0 unspecified atom stereocenters. The minimum atomic E-state index is -3.61. The van der Waals surface area contributed by atoms with Crippen molar-refractivity contribution in [1.82, 2.24) is 0 Å². The zero-order valence-electron chi connectivity index (χ0n) is 11.0. The van der Waals surface area contributed by atoms with Crippen LogP contribution in [0.2, 0.25) is 0 Å². The molecule has 1 heterocycles. The number of phenols is 1. The van der Waals surface area contributed by atoms with E-state index in [9.17, 15) is 13.5 Å². The third-order valence-electron chi connectivity index (χ3n) is 3.21. The molecule has 3 rings (SSSR count). The molecule has 6 heteroatoms. The van der Waals surface area contributed by atoms with Crippen LogP contribution in [0, 0.1) is 0 Å². The van der Waals surface area contributed by atoms with E-state index in [4.69, 9.17) is 10.5 Å². The molecule has 0 spiro atoms. The van der Waals surface area contributed by atoms with Gasteiger partial charge in [0.2, 0.25) is 9.84 Å². The third kappa shape index (κ3) is 2.34. The lowest BCUT2D eigenvalue weighted by atomic mass is 10.2. The number of nitrogens with two attached hydrogens (primary N) is 1. The van der Waals surface area contributed by atoms with Gasteiger partial charge in [-0.25, -0.2) is 8.42 Å². The predicted octanol–water partition coefficient (Wildman–Crippen LogP) is 2.18. The topological polar surface area (TPSA) is 89.6 Å². The molecule has 0 aliphatic carbocycles. The monoisotopic (exact) mass is 303 g/mol. The Kier molecular flexibility index (Phi) is 3.10. The molecular formula is C15H13NO4S. The van der Waals surface area contributed by atoms with Gasteiger partial charge < -0.3 is 15.6 Å². The highest BCUT2D eigenvalue weighted by molar-refractivity contribution is 7.96. The summed E-state index contributed by atoms with van der Waals surface area (Å²) >= 11 is 0. The van der Waals surface area contributed by atoms with Crippen molar-refractivity contribution in [2.24, 2.45) is 0 Å². The average molecular weight is 303 g/mol. The van der Waals surface area contributed by atoms with Crippen molar-refractivity contribution in [2.45, 2.75) is 4.90 Å². The Balaban J connectivity index is 1.87. The van der Waals surface area contributed by atoms with Crippen LogP contribution in [-0.2, 0) is 9.84 Å². The van der Waals surface area contributed by atoms with E-state index < -0.39 is 9.84 Å². The fraction of sp³-hybridized carbons (Fsp3) is 0.0667. The Morgan fingerprint density at radius 2 is 1.90 bits per heavy atom. The highest BCUT2D eigenvalue weighted by Crippen LogP contribution is 2.36. The van der Waals surface area contributed by atoms with Gasteiger partial charge in [-0.3, -0.25) is 0 Å². The van der Waals surface area contributed by atoms with Crippen LogP contribution < -0.4 is 10.5 Å². The van der Waals surface area contributed by atoms with Crippen LogP contribution in [0.4, 0.5) is 5.69 Å². The van der Waals surface area contributed by atoms with Gasteiger partial charge in [-0.1, -0.05) is 18.2 Å². The molecule has 0 amide bonds. The fourth-order valence-electron chi connectivity index (χ4n) is 2.23. The van der Waals surface area contributed by atoms with Crippen LogP contribution in [0.5, 0.6) is 11.5 Å². The molecule has 0 saturated heterocycles. The fourth-order valence-corrected chi connectivity index (χ4v) is 3.80. The average Bonchev–Trinajstić information content (AvgIpc) is 2.69. The van der Waals surface area contributed by atoms with Crippen molar-refractivity contribution < 1.29 is 18.3 Å². The quantitative estimate of drug-likeness (QED) is 0.848. The van der Waals surface area contributed by atoms with Crippen LogP contribution in [0.1, 0.15) is 5.56 Å². The van der Waals surface area contributed by atoms with Gasteiger partial charge in [-0.05, 0) is 29.8 Å². The number of fused-ring (bicyclic) bond motifs is 1. The number of anilines is 1. The van der Waals surface area contributed by atoms with Crippen molar-refractivity contribution in [3.05, 3.63) is 52.9 Å². The van der Waals surface area contributed by atoms with Crippen molar-refractivity contribution in [3.8, 4) is 11.5 Å². The maximum absolute atomic E-state index is 12.4. The van der Waals surface area contributed by atoms with E-state index in [-0.39, 0.29) is 27.8 Å². The molecule has 1 aliphatic heterocycles. The number of aromatic hydroxyl groups is 1. The molecule has 5 nitrogen and oxygen atoms in total. The lowest BCUT2D eigenvalue weighted by Crippen LogP contribution is -2.10. The number of hydrogen-bond acceptors (Lipinski definition) is 5. The second-order valence-corrected chi connectivity index (χ2v) is 6.61. The summed E-state index contributed by atoms with van der Waals surface area (Å²) in [5.74, 6) is 0.457. The van der Waals surface area contributed by atoms with Crippen molar-refractivity contribution >= 4 is 21.6 Å². The van der Waals surface area contributed by atoms with Crippen LogP contribution in [0.25, 0.3) is 6.08 Å². The number of sulfone groups is 1. The highest BCUT2D eigenvalue weighted by Gasteiger charge is 2.31. The van der Waals surface area contributed by atoms with Crippen LogP contribution in [0.15, 0.2) is 52.3 Å². The molecule has 0 saturated carbocycles. The van der Waals surface area contributed by atoms with Gasteiger partial charge in [0.15, 0.2) is 0 Å². The smallest absolute Gasteiger partial charge is 0.208 e.